The van der Waals surface area contributed by atoms with E-state index in [1.807, 2.05) is 6.07 Å². The van der Waals surface area contributed by atoms with Crippen molar-refractivity contribution in [2.45, 2.75) is 6.54 Å². The van der Waals surface area contributed by atoms with Crippen LogP contribution in [0.15, 0.2) is 35.3 Å². The first kappa shape index (κ1) is 9.87. The molecule has 2 aromatic rings. The molecule has 1 heterocycles. The van der Waals surface area contributed by atoms with Crippen LogP contribution in [0.5, 0.6) is 0 Å². The van der Waals surface area contributed by atoms with E-state index in [-0.39, 0.29) is 0 Å². The minimum Gasteiger partial charge on any atom is -0.249 e. The summed E-state index contributed by atoms with van der Waals surface area (Å²) in [7, 11) is 0. The SMILES string of the molecule is N#Cc1ccc(Cn2cncn2)c(Br)c1. The Balaban J connectivity index is 2.27. The topological polar surface area (TPSA) is 54.5 Å². The minimum atomic E-state index is 0.643. The molecule has 0 aliphatic carbocycles. The van der Waals surface area contributed by atoms with Crippen molar-refractivity contribution in [3.05, 3.63) is 46.5 Å². The first-order valence-corrected chi connectivity index (χ1v) is 5.10. The van der Waals surface area contributed by atoms with Crippen LogP contribution in [-0.4, -0.2) is 14.8 Å². The summed E-state index contributed by atoms with van der Waals surface area (Å²) in [6.07, 6.45) is 3.15. The van der Waals surface area contributed by atoms with Crippen LogP contribution in [-0.2, 0) is 6.54 Å². The molecule has 2 rings (SSSR count). The van der Waals surface area contributed by atoms with Gasteiger partial charge in [0.2, 0.25) is 0 Å². The fourth-order valence-corrected chi connectivity index (χ4v) is 1.74. The maximum Gasteiger partial charge on any atom is 0.137 e. The molecule has 0 radical (unpaired) electrons. The van der Waals surface area contributed by atoms with E-state index in [0.717, 1.165) is 10.0 Å². The number of rotatable bonds is 2. The van der Waals surface area contributed by atoms with Gasteiger partial charge in [0.05, 0.1) is 18.2 Å². The van der Waals surface area contributed by atoms with Crippen LogP contribution in [0.1, 0.15) is 11.1 Å². The summed E-state index contributed by atoms with van der Waals surface area (Å²) >= 11 is 3.42. The molecule has 0 saturated heterocycles. The quantitative estimate of drug-likeness (QED) is 0.832. The largest absolute Gasteiger partial charge is 0.249 e. The van der Waals surface area contributed by atoms with Crippen molar-refractivity contribution in [1.29, 1.82) is 5.26 Å². The molecule has 0 N–H and O–H groups in total. The summed E-state index contributed by atoms with van der Waals surface area (Å²) in [5.41, 5.74) is 1.71. The van der Waals surface area contributed by atoms with Gasteiger partial charge in [0, 0.05) is 4.47 Å². The molecule has 1 aromatic carbocycles. The smallest absolute Gasteiger partial charge is 0.137 e. The molecule has 1 aromatic heterocycles. The Hall–Kier alpha value is -1.67. The molecule has 0 bridgehead atoms. The van der Waals surface area contributed by atoms with Crippen molar-refractivity contribution in [1.82, 2.24) is 14.8 Å². The van der Waals surface area contributed by atoms with E-state index in [1.165, 1.54) is 6.33 Å². The Morgan fingerprint density at radius 2 is 2.33 bits per heavy atom. The van der Waals surface area contributed by atoms with Crippen molar-refractivity contribution in [2.75, 3.05) is 0 Å². The number of hydrogen-bond acceptors (Lipinski definition) is 3. The van der Waals surface area contributed by atoms with Crippen LogP contribution in [0.3, 0.4) is 0 Å². The van der Waals surface area contributed by atoms with E-state index in [4.69, 9.17) is 5.26 Å². The number of aromatic nitrogens is 3. The van der Waals surface area contributed by atoms with Crippen LogP contribution in [0.25, 0.3) is 0 Å². The van der Waals surface area contributed by atoms with Gasteiger partial charge in [0.25, 0.3) is 0 Å². The first-order valence-electron chi connectivity index (χ1n) is 4.30. The lowest BCUT2D eigenvalue weighted by Gasteiger charge is -2.04. The summed E-state index contributed by atoms with van der Waals surface area (Å²) in [6, 6.07) is 7.58. The minimum absolute atomic E-state index is 0.643. The highest BCUT2D eigenvalue weighted by atomic mass is 79.9. The summed E-state index contributed by atoms with van der Waals surface area (Å²) in [4.78, 5) is 3.87. The standard InChI is InChI=1S/C10H7BrN4/c11-10-3-8(4-12)1-2-9(10)5-15-7-13-6-14-15/h1-3,6-7H,5H2. The summed E-state index contributed by atoms with van der Waals surface area (Å²) in [6.45, 7) is 0.645. The zero-order chi connectivity index (χ0) is 10.7. The van der Waals surface area contributed by atoms with Crippen LogP contribution >= 0.6 is 15.9 Å². The van der Waals surface area contributed by atoms with Crippen molar-refractivity contribution in [2.24, 2.45) is 0 Å². The lowest BCUT2D eigenvalue weighted by Crippen LogP contribution is -2.00. The molecular weight excluding hydrogens is 256 g/mol. The van der Waals surface area contributed by atoms with Gasteiger partial charge in [-0.3, -0.25) is 0 Å². The molecule has 4 nitrogen and oxygen atoms in total. The third kappa shape index (κ3) is 2.22. The molecule has 0 fully saturated rings. The van der Waals surface area contributed by atoms with Gasteiger partial charge in [-0.15, -0.1) is 0 Å². The Kier molecular flexibility index (Phi) is 2.79. The highest BCUT2D eigenvalue weighted by Crippen LogP contribution is 2.18. The maximum atomic E-state index is 8.71. The van der Waals surface area contributed by atoms with E-state index >= 15 is 0 Å². The highest BCUT2D eigenvalue weighted by Gasteiger charge is 2.02. The van der Waals surface area contributed by atoms with Gasteiger partial charge >= 0.3 is 0 Å². The molecule has 0 spiro atoms. The van der Waals surface area contributed by atoms with Crippen molar-refractivity contribution in [3.63, 3.8) is 0 Å². The predicted octanol–water partition coefficient (Wildman–Crippen LogP) is 1.96. The van der Waals surface area contributed by atoms with Crippen LogP contribution < -0.4 is 0 Å². The van der Waals surface area contributed by atoms with Gasteiger partial charge in [-0.1, -0.05) is 22.0 Å². The van der Waals surface area contributed by atoms with E-state index in [0.29, 0.717) is 12.1 Å². The predicted molar refractivity (Wildman–Crippen MR) is 58.0 cm³/mol. The fraction of sp³-hybridized carbons (Fsp3) is 0.100. The Morgan fingerprint density at radius 3 is 2.93 bits per heavy atom. The van der Waals surface area contributed by atoms with Crippen molar-refractivity contribution < 1.29 is 0 Å². The fourth-order valence-electron chi connectivity index (χ4n) is 1.23. The second kappa shape index (κ2) is 4.24. The first-order chi connectivity index (χ1) is 7.29. The van der Waals surface area contributed by atoms with Gasteiger partial charge in [-0.2, -0.15) is 10.4 Å². The van der Waals surface area contributed by atoms with E-state index < -0.39 is 0 Å². The molecule has 0 amide bonds. The third-order valence-electron chi connectivity index (χ3n) is 1.98. The third-order valence-corrected chi connectivity index (χ3v) is 2.72. The van der Waals surface area contributed by atoms with Crippen molar-refractivity contribution in [3.8, 4) is 6.07 Å². The average molecular weight is 263 g/mol. The molecule has 5 heteroatoms. The lowest BCUT2D eigenvalue weighted by molar-refractivity contribution is 0.683. The monoisotopic (exact) mass is 262 g/mol. The van der Waals surface area contributed by atoms with Crippen LogP contribution in [0.4, 0.5) is 0 Å². The molecule has 0 atom stereocenters. The van der Waals surface area contributed by atoms with Gasteiger partial charge in [0.1, 0.15) is 12.7 Å². The van der Waals surface area contributed by atoms with Gasteiger partial charge in [-0.05, 0) is 17.7 Å². The van der Waals surface area contributed by atoms with E-state index in [1.54, 1.807) is 23.1 Å². The molecule has 0 unspecified atom stereocenters. The number of hydrogen-bond donors (Lipinski definition) is 0. The van der Waals surface area contributed by atoms with Gasteiger partial charge in [-0.25, -0.2) is 9.67 Å². The van der Waals surface area contributed by atoms with Crippen LogP contribution in [0.2, 0.25) is 0 Å². The average Bonchev–Trinajstić information content (AvgIpc) is 2.74. The normalized spacial score (nSPS) is 9.87. The van der Waals surface area contributed by atoms with Crippen molar-refractivity contribution >= 4 is 15.9 Å². The molecular formula is C10H7BrN4. The summed E-state index contributed by atoms with van der Waals surface area (Å²) in [5.74, 6) is 0. The Morgan fingerprint density at radius 1 is 1.47 bits per heavy atom. The molecule has 0 aliphatic rings. The van der Waals surface area contributed by atoms with Gasteiger partial charge < -0.3 is 0 Å². The highest BCUT2D eigenvalue weighted by molar-refractivity contribution is 9.10. The summed E-state index contributed by atoms with van der Waals surface area (Å²) in [5, 5.41) is 12.7. The number of benzene rings is 1. The zero-order valence-electron chi connectivity index (χ0n) is 7.76. The second-order valence-electron chi connectivity index (χ2n) is 3.01. The second-order valence-corrected chi connectivity index (χ2v) is 3.87. The number of nitrogens with zero attached hydrogens (tertiary/aromatic N) is 4. The molecule has 0 aliphatic heterocycles. The maximum absolute atomic E-state index is 8.71. The van der Waals surface area contributed by atoms with E-state index in [2.05, 4.69) is 32.1 Å². The van der Waals surface area contributed by atoms with Crippen LogP contribution in [0, 0.1) is 11.3 Å². The summed E-state index contributed by atoms with van der Waals surface area (Å²) < 4.78 is 2.64. The Labute approximate surface area is 95.3 Å². The number of halogens is 1. The van der Waals surface area contributed by atoms with Gasteiger partial charge in [0.15, 0.2) is 0 Å². The van der Waals surface area contributed by atoms with E-state index in [9.17, 15) is 0 Å². The molecule has 0 saturated carbocycles. The molecule has 15 heavy (non-hydrogen) atoms. The lowest BCUT2D eigenvalue weighted by atomic mass is 10.1. The Bertz CT molecular complexity index is 499. The number of nitriles is 1. The zero-order valence-corrected chi connectivity index (χ0v) is 9.35. The molecule has 74 valence electrons.